The maximum Gasteiger partial charge on any atom is 0.163 e. The molecular formula is C8H16O2. The van der Waals surface area contributed by atoms with Gasteiger partial charge in [0.15, 0.2) is 5.79 Å². The maximum atomic E-state index is 5.59. The van der Waals surface area contributed by atoms with Crippen LogP contribution in [0.1, 0.15) is 34.1 Å². The second kappa shape index (κ2) is 2.51. The van der Waals surface area contributed by atoms with E-state index in [0.29, 0.717) is 0 Å². The van der Waals surface area contributed by atoms with Crippen molar-refractivity contribution < 1.29 is 9.47 Å². The average molecular weight is 144 g/mol. The molecule has 0 spiro atoms. The molecule has 1 heterocycles. The van der Waals surface area contributed by atoms with Crippen molar-refractivity contribution in [2.75, 3.05) is 0 Å². The molecular weight excluding hydrogens is 128 g/mol. The Bertz CT molecular complexity index is 120. The van der Waals surface area contributed by atoms with Crippen molar-refractivity contribution in [1.82, 2.24) is 0 Å². The van der Waals surface area contributed by atoms with Crippen LogP contribution < -0.4 is 0 Å². The summed E-state index contributed by atoms with van der Waals surface area (Å²) in [4.78, 5) is 0. The smallest absolute Gasteiger partial charge is 0.163 e. The Morgan fingerprint density at radius 3 is 2.10 bits per heavy atom. The lowest BCUT2D eigenvalue weighted by molar-refractivity contribution is -0.145. The zero-order chi connectivity index (χ0) is 7.78. The van der Waals surface area contributed by atoms with Crippen LogP contribution in [0.5, 0.6) is 0 Å². The Morgan fingerprint density at radius 2 is 1.90 bits per heavy atom. The van der Waals surface area contributed by atoms with Gasteiger partial charge in [0.2, 0.25) is 0 Å². The molecule has 2 heteroatoms. The highest BCUT2D eigenvalue weighted by molar-refractivity contribution is 4.76. The molecule has 0 unspecified atom stereocenters. The fourth-order valence-corrected chi connectivity index (χ4v) is 1.43. The summed E-state index contributed by atoms with van der Waals surface area (Å²) >= 11 is 0. The largest absolute Gasteiger partial charge is 0.345 e. The van der Waals surface area contributed by atoms with Gasteiger partial charge in [-0.3, -0.25) is 0 Å². The van der Waals surface area contributed by atoms with Crippen LogP contribution in [0.15, 0.2) is 0 Å². The molecule has 10 heavy (non-hydrogen) atoms. The van der Waals surface area contributed by atoms with Crippen molar-refractivity contribution in [1.29, 1.82) is 0 Å². The van der Waals surface area contributed by atoms with E-state index in [2.05, 4.69) is 13.8 Å². The molecule has 2 nitrogen and oxygen atoms in total. The number of rotatable bonds is 1. The molecule has 1 rings (SSSR count). The van der Waals surface area contributed by atoms with Crippen LogP contribution in [-0.2, 0) is 9.47 Å². The van der Waals surface area contributed by atoms with E-state index in [1.807, 2.05) is 13.8 Å². The third-order valence-electron chi connectivity index (χ3n) is 1.83. The molecule has 1 saturated heterocycles. The minimum absolute atomic E-state index is 0.250. The van der Waals surface area contributed by atoms with E-state index in [-0.39, 0.29) is 18.0 Å². The molecule has 0 N–H and O–H groups in total. The van der Waals surface area contributed by atoms with Crippen LogP contribution in [0.2, 0.25) is 0 Å². The SMILES string of the molecule is CC[C@@H]1OC(C)(C)O[C@H]1C. The van der Waals surface area contributed by atoms with Crippen molar-refractivity contribution in [3.63, 3.8) is 0 Å². The molecule has 0 amide bonds. The molecule has 0 radical (unpaired) electrons. The fourth-order valence-electron chi connectivity index (χ4n) is 1.43. The number of hydrogen-bond acceptors (Lipinski definition) is 2. The summed E-state index contributed by atoms with van der Waals surface area (Å²) in [5.41, 5.74) is 0. The predicted molar refractivity (Wildman–Crippen MR) is 39.8 cm³/mol. The van der Waals surface area contributed by atoms with E-state index in [4.69, 9.17) is 9.47 Å². The summed E-state index contributed by atoms with van der Waals surface area (Å²) in [5, 5.41) is 0. The van der Waals surface area contributed by atoms with E-state index in [1.165, 1.54) is 0 Å². The first-order chi connectivity index (χ1) is 4.55. The van der Waals surface area contributed by atoms with Gasteiger partial charge < -0.3 is 9.47 Å². The second-order valence-corrected chi connectivity index (χ2v) is 3.29. The minimum atomic E-state index is -0.361. The lowest BCUT2D eigenvalue weighted by Gasteiger charge is -2.16. The van der Waals surface area contributed by atoms with Gasteiger partial charge in [-0.15, -0.1) is 0 Å². The highest BCUT2D eigenvalue weighted by Gasteiger charge is 2.37. The predicted octanol–water partition coefficient (Wildman–Crippen LogP) is 1.94. The lowest BCUT2D eigenvalue weighted by Crippen LogP contribution is -2.21. The highest BCUT2D eigenvalue weighted by Crippen LogP contribution is 2.28. The van der Waals surface area contributed by atoms with Crippen molar-refractivity contribution in [2.45, 2.75) is 52.1 Å². The van der Waals surface area contributed by atoms with Crippen molar-refractivity contribution >= 4 is 0 Å². The highest BCUT2D eigenvalue weighted by atomic mass is 16.7. The quantitative estimate of drug-likeness (QED) is 0.560. The summed E-state index contributed by atoms with van der Waals surface area (Å²) in [5.74, 6) is -0.361. The zero-order valence-corrected chi connectivity index (χ0v) is 7.18. The zero-order valence-electron chi connectivity index (χ0n) is 7.18. The first kappa shape index (κ1) is 8.02. The summed E-state index contributed by atoms with van der Waals surface area (Å²) < 4.78 is 11.1. The Balaban J connectivity index is 2.52. The van der Waals surface area contributed by atoms with Crippen molar-refractivity contribution in [3.8, 4) is 0 Å². The van der Waals surface area contributed by atoms with Gasteiger partial charge in [0, 0.05) is 0 Å². The van der Waals surface area contributed by atoms with E-state index in [1.54, 1.807) is 0 Å². The average Bonchev–Trinajstić information content (AvgIpc) is 2.05. The number of ether oxygens (including phenoxy) is 2. The molecule has 0 aromatic carbocycles. The minimum Gasteiger partial charge on any atom is -0.345 e. The Kier molecular flexibility index (Phi) is 2.02. The van der Waals surface area contributed by atoms with Gasteiger partial charge in [0.1, 0.15) is 0 Å². The van der Waals surface area contributed by atoms with Crippen LogP contribution in [0, 0.1) is 0 Å². The van der Waals surface area contributed by atoms with Crippen LogP contribution in [-0.4, -0.2) is 18.0 Å². The third kappa shape index (κ3) is 1.50. The molecule has 0 aliphatic carbocycles. The normalized spacial score (nSPS) is 38.4. The molecule has 0 saturated carbocycles. The molecule has 2 atom stereocenters. The van der Waals surface area contributed by atoms with E-state index >= 15 is 0 Å². The van der Waals surface area contributed by atoms with Crippen molar-refractivity contribution in [2.24, 2.45) is 0 Å². The number of hydrogen-bond donors (Lipinski definition) is 0. The topological polar surface area (TPSA) is 18.5 Å². The van der Waals surface area contributed by atoms with Gasteiger partial charge in [-0.1, -0.05) is 6.92 Å². The van der Waals surface area contributed by atoms with E-state index < -0.39 is 0 Å². The molecule has 60 valence electrons. The molecule has 1 fully saturated rings. The van der Waals surface area contributed by atoms with E-state index in [0.717, 1.165) is 6.42 Å². The Morgan fingerprint density at radius 1 is 1.30 bits per heavy atom. The summed E-state index contributed by atoms with van der Waals surface area (Å²) in [7, 11) is 0. The van der Waals surface area contributed by atoms with E-state index in [9.17, 15) is 0 Å². The summed E-state index contributed by atoms with van der Waals surface area (Å²) in [6.07, 6.45) is 1.57. The van der Waals surface area contributed by atoms with Crippen LogP contribution in [0.25, 0.3) is 0 Å². The van der Waals surface area contributed by atoms with Gasteiger partial charge in [-0.25, -0.2) is 0 Å². The van der Waals surface area contributed by atoms with Gasteiger partial charge in [0.05, 0.1) is 12.2 Å². The maximum absolute atomic E-state index is 5.59. The molecule has 1 aliphatic rings. The van der Waals surface area contributed by atoms with Crippen molar-refractivity contribution in [3.05, 3.63) is 0 Å². The first-order valence-electron chi connectivity index (χ1n) is 3.91. The van der Waals surface area contributed by atoms with Crippen LogP contribution in [0.4, 0.5) is 0 Å². The van der Waals surface area contributed by atoms with Gasteiger partial charge in [-0.2, -0.15) is 0 Å². The van der Waals surface area contributed by atoms with Crippen LogP contribution in [0.3, 0.4) is 0 Å². The third-order valence-corrected chi connectivity index (χ3v) is 1.83. The second-order valence-electron chi connectivity index (χ2n) is 3.29. The Labute approximate surface area is 62.5 Å². The first-order valence-corrected chi connectivity index (χ1v) is 3.91. The summed E-state index contributed by atoms with van der Waals surface area (Å²) in [6, 6.07) is 0. The molecule has 1 aliphatic heterocycles. The lowest BCUT2D eigenvalue weighted by atomic mass is 10.2. The standard InChI is InChI=1S/C8H16O2/c1-5-7-6(2)9-8(3,4)10-7/h6-7H,5H2,1-4H3/t6-,7-/m0/s1. The molecule has 0 bridgehead atoms. The summed E-state index contributed by atoms with van der Waals surface area (Å²) in [6.45, 7) is 8.09. The van der Waals surface area contributed by atoms with Gasteiger partial charge >= 0.3 is 0 Å². The van der Waals surface area contributed by atoms with Gasteiger partial charge in [0.25, 0.3) is 0 Å². The van der Waals surface area contributed by atoms with Crippen LogP contribution >= 0.6 is 0 Å². The molecule has 0 aromatic heterocycles. The fraction of sp³-hybridized carbons (Fsp3) is 1.00. The Hall–Kier alpha value is -0.0800. The molecule has 0 aromatic rings. The monoisotopic (exact) mass is 144 g/mol. The van der Waals surface area contributed by atoms with Gasteiger partial charge in [-0.05, 0) is 27.2 Å².